The van der Waals surface area contributed by atoms with Gasteiger partial charge in [-0.15, -0.1) is 0 Å². The van der Waals surface area contributed by atoms with Gasteiger partial charge in [0.2, 0.25) is 0 Å². The smallest absolute Gasteiger partial charge is 0.309 e. The van der Waals surface area contributed by atoms with E-state index in [-0.39, 0.29) is 6.61 Å². The lowest BCUT2D eigenvalue weighted by Crippen LogP contribution is -2.21. The molecule has 0 aliphatic rings. The first-order chi connectivity index (χ1) is 12.1. The van der Waals surface area contributed by atoms with Crippen LogP contribution in [0.4, 0.5) is 0 Å². The standard InChI is InChI=1S/C21H40O4/c1-3-4-5-6-7-8-9-10-11-12-13-14-15-16-17-20(21(23)24)18-25-19(2)22/h20H,3-18H2,1-2H3,(H,23,24). The molecule has 0 fully saturated rings. The quantitative estimate of drug-likeness (QED) is 0.237. The zero-order valence-corrected chi connectivity index (χ0v) is 16.6. The van der Waals surface area contributed by atoms with Gasteiger partial charge in [-0.25, -0.2) is 0 Å². The SMILES string of the molecule is CCCCCCCCCCCCCCCCC(COC(C)=O)C(=O)O. The molecule has 0 aromatic heterocycles. The Balaban J connectivity index is 3.34. The van der Waals surface area contributed by atoms with Gasteiger partial charge < -0.3 is 9.84 Å². The highest BCUT2D eigenvalue weighted by Crippen LogP contribution is 2.15. The highest BCUT2D eigenvalue weighted by atomic mass is 16.5. The molecule has 0 radical (unpaired) electrons. The first-order valence-corrected chi connectivity index (χ1v) is 10.4. The molecule has 0 aliphatic heterocycles. The summed E-state index contributed by atoms with van der Waals surface area (Å²) < 4.78 is 4.82. The second-order valence-electron chi connectivity index (χ2n) is 7.22. The van der Waals surface area contributed by atoms with Gasteiger partial charge in [-0.3, -0.25) is 9.59 Å². The van der Waals surface area contributed by atoms with Gasteiger partial charge in [-0.1, -0.05) is 96.8 Å². The summed E-state index contributed by atoms with van der Waals surface area (Å²) in [6.45, 7) is 3.57. The number of carboxylic acids is 1. The molecule has 4 nitrogen and oxygen atoms in total. The summed E-state index contributed by atoms with van der Waals surface area (Å²) in [4.78, 5) is 21.8. The van der Waals surface area contributed by atoms with E-state index in [1.165, 1.54) is 84.0 Å². The molecule has 1 unspecified atom stereocenters. The first kappa shape index (κ1) is 23.9. The Hall–Kier alpha value is -1.06. The third-order valence-corrected chi connectivity index (χ3v) is 4.74. The molecule has 25 heavy (non-hydrogen) atoms. The van der Waals surface area contributed by atoms with E-state index < -0.39 is 17.9 Å². The molecular formula is C21H40O4. The van der Waals surface area contributed by atoms with Crippen LogP contribution in [-0.2, 0) is 14.3 Å². The van der Waals surface area contributed by atoms with Crippen LogP contribution in [0.5, 0.6) is 0 Å². The Bertz CT molecular complexity index is 328. The monoisotopic (exact) mass is 356 g/mol. The average molecular weight is 357 g/mol. The van der Waals surface area contributed by atoms with E-state index in [9.17, 15) is 9.59 Å². The molecule has 1 N–H and O–H groups in total. The van der Waals surface area contributed by atoms with E-state index in [0.717, 1.165) is 12.8 Å². The molecule has 0 saturated carbocycles. The van der Waals surface area contributed by atoms with Crippen LogP contribution < -0.4 is 0 Å². The number of ether oxygens (including phenoxy) is 1. The number of rotatable bonds is 18. The summed E-state index contributed by atoms with van der Waals surface area (Å²) >= 11 is 0. The lowest BCUT2D eigenvalue weighted by Gasteiger charge is -2.11. The molecule has 0 aromatic carbocycles. The highest BCUT2D eigenvalue weighted by Gasteiger charge is 2.18. The molecule has 0 bridgehead atoms. The third-order valence-electron chi connectivity index (χ3n) is 4.74. The number of hydrogen-bond donors (Lipinski definition) is 1. The third kappa shape index (κ3) is 17.6. The Kier molecular flexibility index (Phi) is 17.0. The molecule has 0 saturated heterocycles. The zero-order chi connectivity index (χ0) is 18.8. The summed E-state index contributed by atoms with van der Waals surface area (Å²) in [6, 6.07) is 0. The van der Waals surface area contributed by atoms with Crippen LogP contribution in [0.1, 0.15) is 110 Å². The summed E-state index contributed by atoms with van der Waals surface area (Å²) in [6.07, 6.45) is 18.7. The molecule has 0 aliphatic carbocycles. The molecular weight excluding hydrogens is 316 g/mol. The van der Waals surface area contributed by atoms with E-state index >= 15 is 0 Å². The maximum Gasteiger partial charge on any atom is 0.309 e. The Morgan fingerprint density at radius 2 is 1.16 bits per heavy atom. The molecule has 0 heterocycles. The number of unbranched alkanes of at least 4 members (excludes halogenated alkanes) is 13. The van der Waals surface area contributed by atoms with Crippen molar-refractivity contribution in [2.24, 2.45) is 5.92 Å². The molecule has 0 aromatic rings. The van der Waals surface area contributed by atoms with Crippen molar-refractivity contribution in [3.05, 3.63) is 0 Å². The van der Waals surface area contributed by atoms with Crippen molar-refractivity contribution in [1.29, 1.82) is 0 Å². The minimum Gasteiger partial charge on any atom is -0.481 e. The number of aliphatic carboxylic acids is 1. The van der Waals surface area contributed by atoms with Gasteiger partial charge in [0.05, 0.1) is 5.92 Å². The predicted octanol–water partition coefficient (Wildman–Crippen LogP) is 6.12. The van der Waals surface area contributed by atoms with Crippen LogP contribution in [0.25, 0.3) is 0 Å². The fourth-order valence-corrected chi connectivity index (χ4v) is 3.08. The van der Waals surface area contributed by atoms with Gasteiger partial charge >= 0.3 is 11.9 Å². The van der Waals surface area contributed by atoms with Crippen LogP contribution in [0.2, 0.25) is 0 Å². The van der Waals surface area contributed by atoms with E-state index in [2.05, 4.69) is 6.92 Å². The van der Waals surface area contributed by atoms with E-state index in [4.69, 9.17) is 9.84 Å². The normalized spacial score (nSPS) is 12.1. The second kappa shape index (κ2) is 17.8. The molecule has 0 amide bonds. The van der Waals surface area contributed by atoms with Crippen molar-refractivity contribution in [2.45, 2.75) is 110 Å². The minimum atomic E-state index is -0.865. The van der Waals surface area contributed by atoms with Crippen LogP contribution >= 0.6 is 0 Å². The zero-order valence-electron chi connectivity index (χ0n) is 16.6. The summed E-state index contributed by atoms with van der Waals surface area (Å²) in [5.41, 5.74) is 0. The van der Waals surface area contributed by atoms with Crippen LogP contribution in [0, 0.1) is 5.92 Å². The number of hydrogen-bond acceptors (Lipinski definition) is 3. The Labute approximate surface area is 154 Å². The number of carbonyl (C=O) groups is 2. The average Bonchev–Trinajstić information content (AvgIpc) is 2.57. The van der Waals surface area contributed by atoms with Crippen LogP contribution in [0.15, 0.2) is 0 Å². The second-order valence-corrected chi connectivity index (χ2v) is 7.22. The van der Waals surface area contributed by atoms with Gasteiger partial charge in [0, 0.05) is 6.92 Å². The van der Waals surface area contributed by atoms with Gasteiger partial charge in [0.25, 0.3) is 0 Å². The summed E-state index contributed by atoms with van der Waals surface area (Å²) in [5, 5.41) is 9.10. The first-order valence-electron chi connectivity index (χ1n) is 10.4. The fourth-order valence-electron chi connectivity index (χ4n) is 3.08. The van der Waals surface area contributed by atoms with Gasteiger partial charge in [-0.05, 0) is 6.42 Å². The van der Waals surface area contributed by atoms with Gasteiger partial charge in [0.1, 0.15) is 6.61 Å². The lowest BCUT2D eigenvalue weighted by molar-refractivity contribution is -0.149. The van der Waals surface area contributed by atoms with Crippen molar-refractivity contribution in [3.63, 3.8) is 0 Å². The van der Waals surface area contributed by atoms with Crippen molar-refractivity contribution >= 4 is 11.9 Å². The number of carbonyl (C=O) groups excluding carboxylic acids is 1. The van der Waals surface area contributed by atoms with E-state index in [0.29, 0.717) is 6.42 Å². The number of carboxylic acid groups (broad SMARTS) is 1. The Morgan fingerprint density at radius 1 is 0.760 bits per heavy atom. The number of esters is 1. The highest BCUT2D eigenvalue weighted by molar-refractivity contribution is 5.71. The topological polar surface area (TPSA) is 63.6 Å². The lowest BCUT2D eigenvalue weighted by atomic mass is 10.0. The maximum absolute atomic E-state index is 11.1. The van der Waals surface area contributed by atoms with Gasteiger partial charge in [0.15, 0.2) is 0 Å². The van der Waals surface area contributed by atoms with E-state index in [1.54, 1.807) is 0 Å². The molecule has 0 spiro atoms. The minimum absolute atomic E-state index is 0.00309. The van der Waals surface area contributed by atoms with E-state index in [1.807, 2.05) is 0 Å². The van der Waals surface area contributed by atoms with Crippen molar-refractivity contribution in [2.75, 3.05) is 6.61 Å². The largest absolute Gasteiger partial charge is 0.481 e. The molecule has 4 heteroatoms. The Morgan fingerprint density at radius 3 is 1.52 bits per heavy atom. The summed E-state index contributed by atoms with van der Waals surface area (Å²) in [5.74, 6) is -1.83. The van der Waals surface area contributed by atoms with Crippen LogP contribution in [-0.4, -0.2) is 23.7 Å². The summed E-state index contributed by atoms with van der Waals surface area (Å²) in [7, 11) is 0. The van der Waals surface area contributed by atoms with Crippen LogP contribution in [0.3, 0.4) is 0 Å². The fraction of sp³-hybridized carbons (Fsp3) is 0.905. The van der Waals surface area contributed by atoms with Crippen molar-refractivity contribution < 1.29 is 19.4 Å². The maximum atomic E-state index is 11.1. The molecule has 148 valence electrons. The van der Waals surface area contributed by atoms with Crippen molar-refractivity contribution in [1.82, 2.24) is 0 Å². The van der Waals surface area contributed by atoms with Crippen molar-refractivity contribution in [3.8, 4) is 0 Å². The molecule has 1 atom stereocenters. The molecule has 0 rings (SSSR count). The van der Waals surface area contributed by atoms with Gasteiger partial charge in [-0.2, -0.15) is 0 Å². The predicted molar refractivity (Wildman–Crippen MR) is 103 cm³/mol.